The third-order valence-electron chi connectivity index (χ3n) is 5.75. The molecular formula is C25H27F3N6O2. The number of rotatable bonds is 7. The van der Waals surface area contributed by atoms with E-state index in [9.17, 15) is 18.0 Å². The Kier molecular flexibility index (Phi) is 7.89. The van der Waals surface area contributed by atoms with Crippen molar-refractivity contribution in [2.45, 2.75) is 32.0 Å². The summed E-state index contributed by atoms with van der Waals surface area (Å²) in [5.41, 5.74) is -0.0301. The van der Waals surface area contributed by atoms with Crippen LogP contribution in [-0.2, 0) is 12.7 Å². The van der Waals surface area contributed by atoms with Gasteiger partial charge in [0.1, 0.15) is 17.9 Å². The van der Waals surface area contributed by atoms with Gasteiger partial charge in [0.05, 0.1) is 5.56 Å². The van der Waals surface area contributed by atoms with E-state index in [1.54, 1.807) is 37.4 Å². The molecule has 0 spiro atoms. The number of halogens is 3. The van der Waals surface area contributed by atoms with Crippen molar-refractivity contribution in [2.75, 3.05) is 36.1 Å². The van der Waals surface area contributed by atoms with Crippen molar-refractivity contribution in [1.29, 1.82) is 0 Å². The highest BCUT2D eigenvalue weighted by molar-refractivity contribution is 5.99. The molecule has 1 aliphatic rings. The molecule has 36 heavy (non-hydrogen) atoms. The average molecular weight is 501 g/mol. The van der Waals surface area contributed by atoms with Crippen LogP contribution >= 0.6 is 0 Å². The lowest BCUT2D eigenvalue weighted by Crippen LogP contribution is -2.30. The van der Waals surface area contributed by atoms with Gasteiger partial charge in [-0.1, -0.05) is 12.5 Å². The van der Waals surface area contributed by atoms with Crippen molar-refractivity contribution in [3.8, 4) is 11.6 Å². The Morgan fingerprint density at radius 1 is 0.972 bits per heavy atom. The zero-order valence-electron chi connectivity index (χ0n) is 19.7. The van der Waals surface area contributed by atoms with Crippen molar-refractivity contribution < 1.29 is 22.7 Å². The summed E-state index contributed by atoms with van der Waals surface area (Å²) in [6.45, 7) is 1.82. The number of anilines is 3. The van der Waals surface area contributed by atoms with E-state index in [4.69, 9.17) is 4.74 Å². The highest BCUT2D eigenvalue weighted by Crippen LogP contribution is 2.35. The molecule has 2 aromatic carbocycles. The summed E-state index contributed by atoms with van der Waals surface area (Å²) in [6, 6.07) is 11.4. The number of amides is 2. The molecule has 1 aliphatic heterocycles. The molecule has 1 saturated heterocycles. The molecule has 190 valence electrons. The summed E-state index contributed by atoms with van der Waals surface area (Å²) in [4.78, 5) is 22.5. The first kappa shape index (κ1) is 25.2. The number of alkyl halides is 3. The largest absolute Gasteiger partial charge is 0.439 e. The van der Waals surface area contributed by atoms with Gasteiger partial charge in [-0.15, -0.1) is 0 Å². The number of nitrogens with zero attached hydrogens (tertiary/aromatic N) is 3. The quantitative estimate of drug-likeness (QED) is 0.371. The smallest absolute Gasteiger partial charge is 0.416 e. The van der Waals surface area contributed by atoms with Crippen LogP contribution in [0.5, 0.6) is 11.6 Å². The second-order valence-electron chi connectivity index (χ2n) is 8.40. The average Bonchev–Trinajstić information content (AvgIpc) is 2.86. The second kappa shape index (κ2) is 11.3. The SMILES string of the molecule is CNc1cc(Oc2ccc(NC(=O)Nc3ccc(CN4CCCCC4)c(C(F)(F)F)c3)cc2)ncn1. The van der Waals surface area contributed by atoms with Gasteiger partial charge >= 0.3 is 12.2 Å². The van der Waals surface area contributed by atoms with Crippen LogP contribution in [0.4, 0.5) is 35.2 Å². The van der Waals surface area contributed by atoms with E-state index in [-0.39, 0.29) is 17.8 Å². The van der Waals surface area contributed by atoms with Gasteiger partial charge in [0.15, 0.2) is 0 Å². The molecule has 0 bridgehead atoms. The molecule has 0 saturated carbocycles. The van der Waals surface area contributed by atoms with E-state index in [1.165, 1.54) is 18.5 Å². The summed E-state index contributed by atoms with van der Waals surface area (Å²) < 4.78 is 46.9. The van der Waals surface area contributed by atoms with Crippen molar-refractivity contribution >= 4 is 23.2 Å². The third-order valence-corrected chi connectivity index (χ3v) is 5.75. The lowest BCUT2D eigenvalue weighted by atomic mass is 10.0. The Labute approximate surface area is 206 Å². The number of likely N-dealkylation sites (tertiary alicyclic amines) is 1. The first-order valence-electron chi connectivity index (χ1n) is 11.6. The van der Waals surface area contributed by atoms with Crippen molar-refractivity contribution in [3.05, 3.63) is 66.0 Å². The summed E-state index contributed by atoms with van der Waals surface area (Å²) in [7, 11) is 1.73. The summed E-state index contributed by atoms with van der Waals surface area (Å²) >= 11 is 0. The minimum atomic E-state index is -4.52. The van der Waals surface area contributed by atoms with E-state index < -0.39 is 17.8 Å². The van der Waals surface area contributed by atoms with E-state index in [0.717, 1.165) is 38.4 Å². The monoisotopic (exact) mass is 500 g/mol. The van der Waals surface area contributed by atoms with Crippen LogP contribution in [0, 0.1) is 0 Å². The molecule has 3 N–H and O–H groups in total. The molecule has 1 aromatic heterocycles. The fourth-order valence-corrected chi connectivity index (χ4v) is 3.97. The van der Waals surface area contributed by atoms with E-state index >= 15 is 0 Å². The number of carbonyl (C=O) groups is 1. The maximum absolute atomic E-state index is 13.7. The Bertz CT molecular complexity index is 1180. The van der Waals surface area contributed by atoms with Gasteiger partial charge in [-0.2, -0.15) is 13.2 Å². The Balaban J connectivity index is 1.38. The van der Waals surface area contributed by atoms with Crippen LogP contribution in [0.1, 0.15) is 30.4 Å². The van der Waals surface area contributed by atoms with Gasteiger partial charge in [-0.05, 0) is 67.9 Å². The maximum Gasteiger partial charge on any atom is 0.416 e. The summed E-state index contributed by atoms with van der Waals surface area (Å²) in [5, 5.41) is 7.98. The highest BCUT2D eigenvalue weighted by Gasteiger charge is 2.34. The second-order valence-corrected chi connectivity index (χ2v) is 8.40. The van der Waals surface area contributed by atoms with Crippen LogP contribution in [0.3, 0.4) is 0 Å². The van der Waals surface area contributed by atoms with Crippen molar-refractivity contribution in [3.63, 3.8) is 0 Å². The van der Waals surface area contributed by atoms with Gasteiger partial charge in [0.2, 0.25) is 5.88 Å². The van der Waals surface area contributed by atoms with Crippen LogP contribution in [0.25, 0.3) is 0 Å². The van der Waals surface area contributed by atoms with Crippen LogP contribution in [0.15, 0.2) is 54.9 Å². The van der Waals surface area contributed by atoms with Gasteiger partial charge in [-0.3, -0.25) is 4.90 Å². The molecule has 0 unspecified atom stereocenters. The molecule has 0 atom stereocenters. The molecule has 4 rings (SSSR count). The van der Waals surface area contributed by atoms with Crippen LogP contribution in [-0.4, -0.2) is 41.0 Å². The number of ether oxygens (including phenoxy) is 1. The number of benzene rings is 2. The molecule has 0 aliphatic carbocycles. The van der Waals surface area contributed by atoms with E-state index in [1.807, 2.05) is 4.90 Å². The number of hydrogen-bond acceptors (Lipinski definition) is 6. The minimum Gasteiger partial charge on any atom is -0.439 e. The third kappa shape index (κ3) is 6.85. The standard InChI is InChI=1S/C25H27F3N6O2/c1-29-22-14-23(31-16-30-22)36-20-9-7-18(8-10-20)32-24(35)33-19-6-5-17(21(13-19)25(26,27)28)15-34-11-3-2-4-12-34/h5-10,13-14,16H,2-4,11-12,15H2,1H3,(H,29,30,31)(H2,32,33,35). The fourth-order valence-electron chi connectivity index (χ4n) is 3.97. The van der Waals surface area contributed by atoms with Gasteiger partial charge in [0, 0.05) is 31.0 Å². The zero-order chi connectivity index (χ0) is 25.5. The molecule has 3 aromatic rings. The lowest BCUT2D eigenvalue weighted by Gasteiger charge is -2.27. The Morgan fingerprint density at radius 2 is 1.67 bits per heavy atom. The van der Waals surface area contributed by atoms with Crippen molar-refractivity contribution in [1.82, 2.24) is 14.9 Å². The number of piperidine rings is 1. The van der Waals surface area contributed by atoms with Crippen LogP contribution in [0.2, 0.25) is 0 Å². The van der Waals surface area contributed by atoms with E-state index in [0.29, 0.717) is 23.1 Å². The van der Waals surface area contributed by atoms with Gasteiger partial charge in [-0.25, -0.2) is 14.8 Å². The molecule has 1 fully saturated rings. The molecule has 8 nitrogen and oxygen atoms in total. The Morgan fingerprint density at radius 3 is 2.36 bits per heavy atom. The fraction of sp³-hybridized carbons (Fsp3) is 0.320. The molecule has 11 heteroatoms. The highest BCUT2D eigenvalue weighted by atomic mass is 19.4. The van der Waals surface area contributed by atoms with Crippen LogP contribution < -0.4 is 20.7 Å². The molecular weight excluding hydrogens is 473 g/mol. The number of urea groups is 1. The number of carbonyl (C=O) groups excluding carboxylic acids is 1. The molecule has 2 heterocycles. The molecule has 2 amide bonds. The maximum atomic E-state index is 13.7. The first-order chi connectivity index (χ1) is 17.3. The van der Waals surface area contributed by atoms with Gasteiger partial charge < -0.3 is 20.7 Å². The molecule has 0 radical (unpaired) electrons. The topological polar surface area (TPSA) is 91.4 Å². The first-order valence-corrected chi connectivity index (χ1v) is 11.6. The predicted octanol–water partition coefficient (Wildman–Crippen LogP) is 5.96. The lowest BCUT2D eigenvalue weighted by molar-refractivity contribution is -0.138. The normalized spacial score (nSPS) is 14.2. The van der Waals surface area contributed by atoms with Crippen molar-refractivity contribution in [2.24, 2.45) is 0 Å². The summed E-state index contributed by atoms with van der Waals surface area (Å²) in [5.74, 6) is 1.43. The number of hydrogen-bond donors (Lipinski definition) is 3. The number of nitrogens with one attached hydrogen (secondary N) is 3. The van der Waals surface area contributed by atoms with Gasteiger partial charge in [0.25, 0.3) is 0 Å². The van der Waals surface area contributed by atoms with E-state index in [2.05, 4.69) is 25.9 Å². The predicted molar refractivity (Wildman–Crippen MR) is 131 cm³/mol. The Hall–Kier alpha value is -3.86. The zero-order valence-corrected chi connectivity index (χ0v) is 19.7. The minimum absolute atomic E-state index is 0.0614. The number of aromatic nitrogens is 2. The summed E-state index contributed by atoms with van der Waals surface area (Å²) in [6.07, 6.45) is -0.0628.